The van der Waals surface area contributed by atoms with Gasteiger partial charge >= 0.3 is 0 Å². The summed E-state index contributed by atoms with van der Waals surface area (Å²) >= 11 is 0. The van der Waals surface area contributed by atoms with E-state index in [-0.39, 0.29) is 11.3 Å². The Kier molecular flexibility index (Phi) is 6.12. The topological polar surface area (TPSA) is 58.6 Å². The zero-order valence-electron chi connectivity index (χ0n) is 16.5. The molecule has 1 unspecified atom stereocenters. The van der Waals surface area contributed by atoms with Crippen molar-refractivity contribution in [3.8, 4) is 0 Å². The smallest absolute Gasteiger partial charge is 0.222 e. The maximum Gasteiger partial charge on any atom is 0.222 e. The van der Waals surface area contributed by atoms with Crippen LogP contribution < -0.4 is 4.90 Å². The highest BCUT2D eigenvalue weighted by atomic mass is 16.5. The molecule has 6 nitrogen and oxygen atoms in total. The molecule has 3 rings (SSSR count). The summed E-state index contributed by atoms with van der Waals surface area (Å²) in [6.07, 6.45) is 6.06. The van der Waals surface area contributed by atoms with Crippen LogP contribution in [-0.4, -0.2) is 60.7 Å². The molecule has 1 spiro atoms. The number of aromatic nitrogens is 2. The van der Waals surface area contributed by atoms with Crippen molar-refractivity contribution in [1.82, 2.24) is 14.9 Å². The van der Waals surface area contributed by atoms with Crippen LogP contribution in [0, 0.1) is 12.3 Å². The Labute approximate surface area is 156 Å². The Morgan fingerprint density at radius 2 is 2.12 bits per heavy atom. The van der Waals surface area contributed by atoms with Gasteiger partial charge in [-0.05, 0) is 32.6 Å². The molecular formula is C20H32N4O2. The van der Waals surface area contributed by atoms with E-state index in [4.69, 9.17) is 9.72 Å². The fourth-order valence-electron chi connectivity index (χ4n) is 4.40. The largest absolute Gasteiger partial charge is 0.383 e. The molecule has 1 atom stereocenters. The predicted molar refractivity (Wildman–Crippen MR) is 102 cm³/mol. The van der Waals surface area contributed by atoms with Gasteiger partial charge in [-0.2, -0.15) is 0 Å². The van der Waals surface area contributed by atoms with E-state index in [1.807, 2.05) is 11.8 Å². The number of rotatable bonds is 6. The second-order valence-corrected chi connectivity index (χ2v) is 7.85. The number of hydrogen-bond acceptors (Lipinski definition) is 5. The fraction of sp³-hybridized carbons (Fsp3) is 0.750. The first-order chi connectivity index (χ1) is 12.5. The summed E-state index contributed by atoms with van der Waals surface area (Å²) in [5, 5.41) is 0. The fourth-order valence-corrected chi connectivity index (χ4v) is 4.40. The first-order valence-electron chi connectivity index (χ1n) is 9.91. The molecule has 26 heavy (non-hydrogen) atoms. The van der Waals surface area contributed by atoms with Crippen LogP contribution in [0.15, 0.2) is 6.07 Å². The zero-order chi connectivity index (χ0) is 18.6. The van der Waals surface area contributed by atoms with E-state index in [2.05, 4.69) is 22.9 Å². The van der Waals surface area contributed by atoms with E-state index in [1.165, 1.54) is 6.42 Å². The first-order valence-corrected chi connectivity index (χ1v) is 9.91. The third kappa shape index (κ3) is 4.34. The Bertz CT molecular complexity index is 636. The van der Waals surface area contributed by atoms with Crippen LogP contribution in [0.4, 0.5) is 5.82 Å². The van der Waals surface area contributed by atoms with E-state index in [9.17, 15) is 4.79 Å². The predicted octanol–water partition coefficient (Wildman–Crippen LogP) is 2.59. The summed E-state index contributed by atoms with van der Waals surface area (Å²) in [5.41, 5.74) is 1.32. The molecule has 2 aliphatic heterocycles. The van der Waals surface area contributed by atoms with E-state index in [1.54, 1.807) is 7.11 Å². The highest BCUT2D eigenvalue weighted by molar-refractivity contribution is 5.77. The van der Waals surface area contributed by atoms with Crippen molar-refractivity contribution >= 4 is 11.7 Å². The van der Waals surface area contributed by atoms with Crippen molar-refractivity contribution in [2.24, 2.45) is 5.41 Å². The average Bonchev–Trinajstić information content (AvgIpc) is 2.63. The molecule has 6 heteroatoms. The highest BCUT2D eigenvalue weighted by Crippen LogP contribution is 2.39. The molecule has 1 amide bonds. The molecule has 1 aromatic heterocycles. The monoisotopic (exact) mass is 360 g/mol. The Hall–Kier alpha value is -1.69. The zero-order valence-corrected chi connectivity index (χ0v) is 16.5. The van der Waals surface area contributed by atoms with Gasteiger partial charge in [0.05, 0.1) is 6.61 Å². The second kappa shape index (κ2) is 8.33. The van der Waals surface area contributed by atoms with Crippen LogP contribution in [0.1, 0.15) is 50.5 Å². The Morgan fingerprint density at radius 1 is 1.27 bits per heavy atom. The number of methoxy groups -OCH3 is 1. The van der Waals surface area contributed by atoms with Gasteiger partial charge in [0.2, 0.25) is 5.91 Å². The molecule has 1 aromatic rings. The van der Waals surface area contributed by atoms with Crippen molar-refractivity contribution < 1.29 is 9.53 Å². The van der Waals surface area contributed by atoms with Crippen molar-refractivity contribution in [3.63, 3.8) is 0 Å². The van der Waals surface area contributed by atoms with Crippen LogP contribution in [-0.2, 0) is 16.0 Å². The number of piperidine rings is 2. The van der Waals surface area contributed by atoms with E-state index in [0.29, 0.717) is 19.6 Å². The Morgan fingerprint density at radius 3 is 2.88 bits per heavy atom. The van der Waals surface area contributed by atoms with Gasteiger partial charge in [-0.1, -0.05) is 13.3 Å². The molecular weight excluding hydrogens is 328 g/mol. The van der Waals surface area contributed by atoms with Crippen LogP contribution in [0.25, 0.3) is 0 Å². The number of aryl methyl sites for hydroxylation is 2. The molecule has 0 aromatic carbocycles. The van der Waals surface area contributed by atoms with Crippen molar-refractivity contribution in [2.45, 2.75) is 52.4 Å². The quantitative estimate of drug-likeness (QED) is 0.780. The van der Waals surface area contributed by atoms with E-state index >= 15 is 0 Å². The molecule has 0 bridgehead atoms. The number of anilines is 1. The number of ether oxygens (including phenoxy) is 1. The summed E-state index contributed by atoms with van der Waals surface area (Å²) in [4.78, 5) is 26.0. The van der Waals surface area contributed by atoms with Gasteiger partial charge in [-0.15, -0.1) is 0 Å². The van der Waals surface area contributed by atoms with Crippen LogP contribution in [0.5, 0.6) is 0 Å². The standard InChI is InChI=1S/C20H32N4O2/c1-4-6-17-13-18(22-16(2)21-17)23-10-5-8-20(14-23)9-7-19(25)24(15-20)11-12-26-3/h13H,4-12,14-15H2,1-3H3. The molecule has 0 N–H and O–H groups in total. The summed E-state index contributed by atoms with van der Waals surface area (Å²) in [7, 11) is 1.69. The van der Waals surface area contributed by atoms with Gasteiger partial charge in [0.1, 0.15) is 11.6 Å². The second-order valence-electron chi connectivity index (χ2n) is 7.85. The molecule has 2 saturated heterocycles. The van der Waals surface area contributed by atoms with Crippen molar-refractivity contribution in [1.29, 1.82) is 0 Å². The number of carbonyl (C=O) groups excluding carboxylic acids is 1. The number of amides is 1. The molecule has 144 valence electrons. The minimum atomic E-state index is 0.184. The highest BCUT2D eigenvalue weighted by Gasteiger charge is 2.41. The maximum atomic E-state index is 12.3. The summed E-state index contributed by atoms with van der Waals surface area (Å²) in [6, 6.07) is 2.16. The molecule has 2 fully saturated rings. The third-order valence-electron chi connectivity index (χ3n) is 5.68. The van der Waals surface area contributed by atoms with Gasteiger partial charge in [-0.25, -0.2) is 9.97 Å². The summed E-state index contributed by atoms with van der Waals surface area (Å²) in [6.45, 7) is 8.33. The number of nitrogens with zero attached hydrogens (tertiary/aromatic N) is 4. The van der Waals surface area contributed by atoms with Gasteiger partial charge in [0, 0.05) is 56.9 Å². The van der Waals surface area contributed by atoms with Crippen molar-refractivity contribution in [2.75, 3.05) is 44.8 Å². The van der Waals surface area contributed by atoms with Gasteiger partial charge in [0.25, 0.3) is 0 Å². The van der Waals surface area contributed by atoms with E-state index < -0.39 is 0 Å². The van der Waals surface area contributed by atoms with Crippen LogP contribution in [0.3, 0.4) is 0 Å². The summed E-state index contributed by atoms with van der Waals surface area (Å²) < 4.78 is 5.19. The van der Waals surface area contributed by atoms with Gasteiger partial charge in [0.15, 0.2) is 0 Å². The normalized spacial score (nSPS) is 23.7. The lowest BCUT2D eigenvalue weighted by molar-refractivity contribution is -0.138. The van der Waals surface area contributed by atoms with Gasteiger partial charge in [-0.3, -0.25) is 4.79 Å². The van der Waals surface area contributed by atoms with Crippen LogP contribution >= 0.6 is 0 Å². The van der Waals surface area contributed by atoms with Crippen LogP contribution in [0.2, 0.25) is 0 Å². The minimum absolute atomic E-state index is 0.184. The van der Waals surface area contributed by atoms with Crippen molar-refractivity contribution in [3.05, 3.63) is 17.6 Å². The lowest BCUT2D eigenvalue weighted by Crippen LogP contribution is -2.54. The third-order valence-corrected chi connectivity index (χ3v) is 5.68. The molecule has 3 heterocycles. The maximum absolute atomic E-state index is 12.3. The van der Waals surface area contributed by atoms with E-state index in [0.717, 1.165) is 62.7 Å². The number of likely N-dealkylation sites (tertiary alicyclic amines) is 1. The molecule has 0 saturated carbocycles. The minimum Gasteiger partial charge on any atom is -0.383 e. The molecule has 2 aliphatic rings. The molecule has 0 radical (unpaired) electrons. The lowest BCUT2D eigenvalue weighted by atomic mass is 9.73. The summed E-state index contributed by atoms with van der Waals surface area (Å²) in [5.74, 6) is 2.18. The first kappa shape index (κ1) is 19.1. The molecule has 0 aliphatic carbocycles. The average molecular weight is 361 g/mol. The SMILES string of the molecule is CCCc1cc(N2CCCC3(CCC(=O)N(CCOC)C3)C2)nc(C)n1. The van der Waals surface area contributed by atoms with Gasteiger partial charge < -0.3 is 14.5 Å². The Balaban J connectivity index is 1.75. The number of hydrogen-bond donors (Lipinski definition) is 0. The number of carbonyl (C=O) groups is 1. The lowest BCUT2D eigenvalue weighted by Gasteiger charge is -2.48.